The van der Waals surface area contributed by atoms with E-state index in [1.165, 1.54) is 24.0 Å². The van der Waals surface area contributed by atoms with Gasteiger partial charge in [-0.15, -0.1) is 0 Å². The topological polar surface area (TPSA) is 0 Å². The molecule has 0 aromatic heterocycles. The molecule has 0 nitrogen and oxygen atoms in total. The Morgan fingerprint density at radius 1 is 0.500 bits per heavy atom. The first-order valence-electron chi connectivity index (χ1n) is 10.4. The highest BCUT2D eigenvalue weighted by Crippen LogP contribution is 2.26. The van der Waals surface area contributed by atoms with Crippen molar-refractivity contribution in [2.45, 2.75) is 92.9 Å². The van der Waals surface area contributed by atoms with E-state index < -0.39 is 0 Å². The largest absolute Gasteiger partial charge is 0.0683 e. The maximum absolute atomic E-state index is 2.28. The molecule has 0 fully saturated rings. The van der Waals surface area contributed by atoms with E-state index in [2.05, 4.69) is 102 Å². The van der Waals surface area contributed by atoms with Gasteiger partial charge < -0.3 is 0 Å². The van der Waals surface area contributed by atoms with Gasteiger partial charge in [-0.25, -0.2) is 0 Å². The molecule has 0 saturated carbocycles. The van der Waals surface area contributed by atoms with Gasteiger partial charge in [0.05, 0.1) is 0 Å². The van der Waals surface area contributed by atoms with Gasteiger partial charge in [0.15, 0.2) is 0 Å². The zero-order chi connectivity index (χ0) is 20.6. The third-order valence-electron chi connectivity index (χ3n) is 4.88. The van der Waals surface area contributed by atoms with Crippen molar-refractivity contribution in [1.82, 2.24) is 0 Å². The summed E-state index contributed by atoms with van der Waals surface area (Å²) >= 11 is 0. The first-order valence-corrected chi connectivity index (χ1v) is 10.4. The molecule has 0 heterocycles. The minimum Gasteiger partial charge on any atom is -0.0683 e. The van der Waals surface area contributed by atoms with Crippen molar-refractivity contribution in [3.05, 3.63) is 71.8 Å². The molecular formula is C26H44. The molecule has 2 aromatic rings. The first-order chi connectivity index (χ1) is 12.3. The van der Waals surface area contributed by atoms with Crippen LogP contribution in [0.2, 0.25) is 0 Å². The van der Waals surface area contributed by atoms with Crippen molar-refractivity contribution in [3.8, 4) is 0 Å². The lowest BCUT2D eigenvalue weighted by molar-refractivity contribution is 0.506. The molecule has 0 heteroatoms. The van der Waals surface area contributed by atoms with Gasteiger partial charge in [-0.1, -0.05) is 130 Å². The van der Waals surface area contributed by atoms with Gasteiger partial charge in [-0.05, 0) is 34.8 Å². The molecule has 0 amide bonds. The van der Waals surface area contributed by atoms with Crippen LogP contribution in [0.5, 0.6) is 0 Å². The maximum Gasteiger partial charge on any atom is -0.0106 e. The average Bonchev–Trinajstić information content (AvgIpc) is 2.73. The Kier molecular flexibility index (Phi) is 15.0. The highest BCUT2D eigenvalue weighted by atomic mass is 14.2. The van der Waals surface area contributed by atoms with Gasteiger partial charge in [-0.2, -0.15) is 0 Å². The predicted octanol–water partition coefficient (Wildman–Crippen LogP) is 8.80. The van der Waals surface area contributed by atoms with E-state index in [0.717, 1.165) is 0 Å². The first kappa shape index (κ1) is 26.7. The van der Waals surface area contributed by atoms with E-state index in [1.54, 1.807) is 0 Å². The van der Waals surface area contributed by atoms with Gasteiger partial charge in [0.25, 0.3) is 0 Å². The third-order valence-corrected chi connectivity index (χ3v) is 4.88. The normalized spacial score (nSPS) is 10.2. The Bertz CT molecular complexity index is 469. The highest BCUT2D eigenvalue weighted by Gasteiger charge is 2.17. The summed E-state index contributed by atoms with van der Waals surface area (Å²) in [6.07, 6.45) is 2.38. The van der Waals surface area contributed by atoms with E-state index in [0.29, 0.717) is 10.8 Å². The maximum atomic E-state index is 2.28. The van der Waals surface area contributed by atoms with Crippen LogP contribution < -0.4 is 0 Å². The summed E-state index contributed by atoms with van der Waals surface area (Å²) in [5.41, 5.74) is 3.53. The van der Waals surface area contributed by atoms with Crippen LogP contribution in [0.3, 0.4) is 0 Å². The van der Waals surface area contributed by atoms with Gasteiger partial charge in [0.2, 0.25) is 0 Å². The molecule has 0 N–H and O–H groups in total. The molecule has 148 valence electrons. The second-order valence-corrected chi connectivity index (χ2v) is 7.21. The van der Waals surface area contributed by atoms with Crippen molar-refractivity contribution in [2.24, 2.45) is 0 Å². The highest BCUT2D eigenvalue weighted by molar-refractivity contribution is 5.23. The minimum absolute atomic E-state index is 0.335. The zero-order valence-electron chi connectivity index (χ0n) is 19.2. The lowest BCUT2D eigenvalue weighted by atomic mass is 9.82. The van der Waals surface area contributed by atoms with Crippen molar-refractivity contribution >= 4 is 0 Å². The number of benzene rings is 2. The third kappa shape index (κ3) is 9.80. The van der Waals surface area contributed by atoms with Crippen molar-refractivity contribution < 1.29 is 0 Å². The second kappa shape index (κ2) is 14.6. The molecule has 0 aliphatic carbocycles. The van der Waals surface area contributed by atoms with Crippen LogP contribution in [0, 0.1) is 0 Å². The minimum atomic E-state index is 0.335. The summed E-state index contributed by atoms with van der Waals surface area (Å²) in [7, 11) is 0. The SMILES string of the molecule is CC.CC.CCC(C)(C)c1ccccc1.CCC(C)(C)c1ccccc1. The van der Waals surface area contributed by atoms with Crippen molar-refractivity contribution in [1.29, 1.82) is 0 Å². The van der Waals surface area contributed by atoms with E-state index in [9.17, 15) is 0 Å². The summed E-state index contributed by atoms with van der Waals surface area (Å²) in [4.78, 5) is 0. The fourth-order valence-corrected chi connectivity index (χ4v) is 2.19. The van der Waals surface area contributed by atoms with Gasteiger partial charge in [-0.3, -0.25) is 0 Å². The molecule has 0 aliphatic heterocycles. The fourth-order valence-electron chi connectivity index (χ4n) is 2.19. The zero-order valence-corrected chi connectivity index (χ0v) is 19.2. The van der Waals surface area contributed by atoms with Crippen LogP contribution in [0.15, 0.2) is 60.7 Å². The molecule has 0 radical (unpaired) electrons. The molecule has 2 aromatic carbocycles. The van der Waals surface area contributed by atoms with Crippen LogP contribution in [-0.4, -0.2) is 0 Å². The monoisotopic (exact) mass is 356 g/mol. The summed E-state index contributed by atoms with van der Waals surface area (Å²) in [5.74, 6) is 0. The summed E-state index contributed by atoms with van der Waals surface area (Å²) in [6.45, 7) is 21.6. The summed E-state index contributed by atoms with van der Waals surface area (Å²) in [5, 5.41) is 0. The molecule has 0 atom stereocenters. The Balaban J connectivity index is 0. The van der Waals surface area contributed by atoms with Crippen LogP contribution >= 0.6 is 0 Å². The Morgan fingerprint density at radius 2 is 0.731 bits per heavy atom. The smallest absolute Gasteiger partial charge is 0.0106 e. The van der Waals surface area contributed by atoms with E-state index in [1.807, 2.05) is 27.7 Å². The Morgan fingerprint density at radius 3 is 0.923 bits per heavy atom. The number of hydrogen-bond acceptors (Lipinski definition) is 0. The van der Waals surface area contributed by atoms with Crippen molar-refractivity contribution in [2.75, 3.05) is 0 Å². The summed E-state index contributed by atoms with van der Waals surface area (Å²) < 4.78 is 0. The van der Waals surface area contributed by atoms with E-state index in [4.69, 9.17) is 0 Å². The second-order valence-electron chi connectivity index (χ2n) is 7.21. The Labute approximate surface area is 165 Å². The lowest BCUT2D eigenvalue weighted by Crippen LogP contribution is -2.14. The molecule has 26 heavy (non-hydrogen) atoms. The van der Waals surface area contributed by atoms with Gasteiger partial charge in [0, 0.05) is 0 Å². The molecule has 0 unspecified atom stereocenters. The van der Waals surface area contributed by atoms with E-state index >= 15 is 0 Å². The van der Waals surface area contributed by atoms with Crippen molar-refractivity contribution in [3.63, 3.8) is 0 Å². The number of rotatable bonds is 4. The van der Waals surface area contributed by atoms with Crippen LogP contribution in [0.1, 0.15) is 93.2 Å². The van der Waals surface area contributed by atoms with Crippen LogP contribution in [0.25, 0.3) is 0 Å². The lowest BCUT2D eigenvalue weighted by Gasteiger charge is -2.22. The average molecular weight is 357 g/mol. The number of hydrogen-bond donors (Lipinski definition) is 0. The summed E-state index contributed by atoms with van der Waals surface area (Å²) in [6, 6.07) is 21.3. The predicted molar refractivity (Wildman–Crippen MR) is 122 cm³/mol. The van der Waals surface area contributed by atoms with E-state index in [-0.39, 0.29) is 0 Å². The molecule has 0 saturated heterocycles. The van der Waals surface area contributed by atoms with Gasteiger partial charge in [0.1, 0.15) is 0 Å². The Hall–Kier alpha value is -1.56. The fraction of sp³-hybridized carbons (Fsp3) is 0.538. The van der Waals surface area contributed by atoms with Gasteiger partial charge >= 0.3 is 0 Å². The quantitative estimate of drug-likeness (QED) is 0.513. The molecule has 0 bridgehead atoms. The molecule has 2 rings (SSSR count). The molecule has 0 aliphatic rings. The standard InChI is InChI=1S/2C11H16.2C2H6/c2*1-4-11(2,3)10-8-6-5-7-9-10;2*1-2/h2*5-9H,4H2,1-3H3;2*1-2H3. The van der Waals surface area contributed by atoms with Crippen LogP contribution in [-0.2, 0) is 10.8 Å². The molecular weight excluding hydrogens is 312 g/mol. The molecule has 0 spiro atoms. The van der Waals surface area contributed by atoms with Crippen LogP contribution in [0.4, 0.5) is 0 Å².